The molecule has 1 aromatic heterocycles. The summed E-state index contributed by atoms with van der Waals surface area (Å²) in [7, 11) is 0. The highest BCUT2D eigenvalue weighted by molar-refractivity contribution is 5.01. The van der Waals surface area contributed by atoms with Crippen molar-refractivity contribution in [1.82, 2.24) is 19.8 Å². The molecular formula is C16H26N4. The van der Waals surface area contributed by atoms with E-state index in [4.69, 9.17) is 0 Å². The quantitative estimate of drug-likeness (QED) is 0.845. The van der Waals surface area contributed by atoms with Crippen LogP contribution in [0.4, 0.5) is 0 Å². The third-order valence-electron chi connectivity index (χ3n) is 4.86. The first-order chi connectivity index (χ1) is 9.74. The Morgan fingerprint density at radius 1 is 1.30 bits per heavy atom. The van der Waals surface area contributed by atoms with Gasteiger partial charge in [-0.1, -0.05) is 20.3 Å². The van der Waals surface area contributed by atoms with Crippen LogP contribution in [0.2, 0.25) is 0 Å². The summed E-state index contributed by atoms with van der Waals surface area (Å²) in [6.07, 6.45) is 7.66. The van der Waals surface area contributed by atoms with Crippen LogP contribution in [-0.2, 0) is 6.54 Å². The van der Waals surface area contributed by atoms with E-state index >= 15 is 0 Å². The lowest BCUT2D eigenvalue weighted by molar-refractivity contribution is -0.0124. The van der Waals surface area contributed by atoms with E-state index in [-0.39, 0.29) is 0 Å². The molecule has 20 heavy (non-hydrogen) atoms. The smallest absolute Gasteiger partial charge is 0.115 e. The van der Waals surface area contributed by atoms with Crippen molar-refractivity contribution in [2.75, 3.05) is 19.6 Å². The van der Waals surface area contributed by atoms with Crippen molar-refractivity contribution in [2.24, 2.45) is 5.92 Å². The minimum atomic E-state index is 0.652. The van der Waals surface area contributed by atoms with Gasteiger partial charge in [0.15, 0.2) is 0 Å². The van der Waals surface area contributed by atoms with E-state index in [0.717, 1.165) is 18.3 Å². The third-order valence-corrected chi connectivity index (χ3v) is 4.86. The minimum absolute atomic E-state index is 0.652. The average Bonchev–Trinajstić information content (AvgIpc) is 2.47. The van der Waals surface area contributed by atoms with Crippen molar-refractivity contribution >= 4 is 0 Å². The molecule has 2 aliphatic heterocycles. The van der Waals surface area contributed by atoms with E-state index in [0.29, 0.717) is 12.0 Å². The highest BCUT2D eigenvalue weighted by Crippen LogP contribution is 2.27. The zero-order valence-corrected chi connectivity index (χ0v) is 12.7. The zero-order chi connectivity index (χ0) is 13.9. The summed E-state index contributed by atoms with van der Waals surface area (Å²) in [4.78, 5) is 13.8. The fourth-order valence-electron chi connectivity index (χ4n) is 3.70. The van der Waals surface area contributed by atoms with Gasteiger partial charge in [0.1, 0.15) is 6.33 Å². The van der Waals surface area contributed by atoms with E-state index in [1.165, 1.54) is 38.9 Å². The van der Waals surface area contributed by atoms with Crippen LogP contribution in [0.15, 0.2) is 18.6 Å². The molecule has 110 valence electrons. The molecule has 2 atom stereocenters. The van der Waals surface area contributed by atoms with Gasteiger partial charge in [-0.15, -0.1) is 0 Å². The van der Waals surface area contributed by atoms with Crippen LogP contribution in [0.1, 0.15) is 38.8 Å². The Morgan fingerprint density at radius 3 is 2.95 bits per heavy atom. The molecule has 4 heteroatoms. The van der Waals surface area contributed by atoms with Crippen LogP contribution in [0.5, 0.6) is 0 Å². The molecular weight excluding hydrogens is 248 g/mol. The van der Waals surface area contributed by atoms with Gasteiger partial charge in [-0.25, -0.2) is 9.97 Å². The SMILES string of the molecule is CC(C)C1CN2CCCCC2CN1Cc1ccncn1. The van der Waals surface area contributed by atoms with E-state index < -0.39 is 0 Å². The lowest BCUT2D eigenvalue weighted by atomic mass is 9.92. The fourth-order valence-corrected chi connectivity index (χ4v) is 3.70. The van der Waals surface area contributed by atoms with E-state index in [9.17, 15) is 0 Å². The second kappa shape index (κ2) is 6.19. The topological polar surface area (TPSA) is 32.3 Å². The predicted molar refractivity (Wildman–Crippen MR) is 80.3 cm³/mol. The molecule has 2 aliphatic rings. The molecule has 4 nitrogen and oxygen atoms in total. The molecule has 0 saturated carbocycles. The third kappa shape index (κ3) is 3.01. The Hall–Kier alpha value is -1.00. The number of piperazine rings is 1. The second-order valence-corrected chi connectivity index (χ2v) is 6.59. The molecule has 1 aromatic rings. The Balaban J connectivity index is 1.72. The van der Waals surface area contributed by atoms with Gasteiger partial charge < -0.3 is 0 Å². The minimum Gasteiger partial charge on any atom is -0.298 e. The van der Waals surface area contributed by atoms with Gasteiger partial charge in [-0.2, -0.15) is 0 Å². The molecule has 0 amide bonds. The van der Waals surface area contributed by atoms with Gasteiger partial charge in [0, 0.05) is 37.9 Å². The molecule has 0 aromatic carbocycles. The van der Waals surface area contributed by atoms with Crippen LogP contribution >= 0.6 is 0 Å². The molecule has 3 rings (SSSR count). The monoisotopic (exact) mass is 274 g/mol. The van der Waals surface area contributed by atoms with Gasteiger partial charge in [0.05, 0.1) is 5.69 Å². The van der Waals surface area contributed by atoms with Crippen molar-refractivity contribution in [3.05, 3.63) is 24.3 Å². The van der Waals surface area contributed by atoms with Gasteiger partial charge in [-0.05, 0) is 31.4 Å². The maximum atomic E-state index is 4.40. The summed E-state index contributed by atoms with van der Waals surface area (Å²) in [5.41, 5.74) is 1.15. The summed E-state index contributed by atoms with van der Waals surface area (Å²) >= 11 is 0. The Morgan fingerprint density at radius 2 is 2.20 bits per heavy atom. The lowest BCUT2D eigenvalue weighted by Gasteiger charge is -2.49. The number of rotatable bonds is 3. The number of aromatic nitrogens is 2. The molecule has 2 fully saturated rings. The van der Waals surface area contributed by atoms with Crippen molar-refractivity contribution < 1.29 is 0 Å². The van der Waals surface area contributed by atoms with Crippen molar-refractivity contribution in [3.8, 4) is 0 Å². The normalized spacial score (nSPS) is 28.6. The summed E-state index contributed by atoms with van der Waals surface area (Å²) in [6.45, 7) is 9.40. The van der Waals surface area contributed by atoms with Crippen LogP contribution in [0, 0.1) is 5.92 Å². The number of hydrogen-bond donors (Lipinski definition) is 0. The Kier molecular flexibility index (Phi) is 4.32. The van der Waals surface area contributed by atoms with Crippen LogP contribution in [-0.4, -0.2) is 51.5 Å². The molecule has 0 N–H and O–H groups in total. The molecule has 0 bridgehead atoms. The molecule has 2 saturated heterocycles. The van der Waals surface area contributed by atoms with Crippen LogP contribution in [0.3, 0.4) is 0 Å². The Bertz CT molecular complexity index is 420. The van der Waals surface area contributed by atoms with Crippen molar-refractivity contribution in [2.45, 2.75) is 51.7 Å². The first-order valence-corrected chi connectivity index (χ1v) is 7.97. The first-order valence-electron chi connectivity index (χ1n) is 7.97. The summed E-state index contributed by atoms with van der Waals surface area (Å²) in [6, 6.07) is 3.46. The summed E-state index contributed by atoms with van der Waals surface area (Å²) in [5, 5.41) is 0. The van der Waals surface area contributed by atoms with E-state index in [1.807, 2.05) is 12.3 Å². The fraction of sp³-hybridized carbons (Fsp3) is 0.750. The number of nitrogens with zero attached hydrogens (tertiary/aromatic N) is 4. The molecule has 0 radical (unpaired) electrons. The van der Waals surface area contributed by atoms with Gasteiger partial charge >= 0.3 is 0 Å². The second-order valence-electron chi connectivity index (χ2n) is 6.59. The standard InChI is InChI=1S/C16H26N4/c1-13(2)16-11-19-8-4-3-5-15(19)10-20(16)9-14-6-7-17-12-18-14/h6-7,12-13,15-16H,3-5,8-11H2,1-2H3. The number of piperidine rings is 1. The largest absolute Gasteiger partial charge is 0.298 e. The number of fused-ring (bicyclic) bond motifs is 1. The van der Waals surface area contributed by atoms with Gasteiger partial charge in [0.25, 0.3) is 0 Å². The van der Waals surface area contributed by atoms with Crippen LogP contribution in [0.25, 0.3) is 0 Å². The molecule has 3 heterocycles. The van der Waals surface area contributed by atoms with Crippen molar-refractivity contribution in [1.29, 1.82) is 0 Å². The van der Waals surface area contributed by atoms with Gasteiger partial charge in [-0.3, -0.25) is 9.80 Å². The average molecular weight is 274 g/mol. The highest BCUT2D eigenvalue weighted by Gasteiger charge is 2.36. The summed E-state index contributed by atoms with van der Waals surface area (Å²) < 4.78 is 0. The zero-order valence-electron chi connectivity index (χ0n) is 12.7. The Labute approximate surface area is 122 Å². The van der Waals surface area contributed by atoms with E-state index in [1.54, 1.807) is 6.33 Å². The summed E-state index contributed by atoms with van der Waals surface area (Å²) in [5.74, 6) is 0.694. The molecule has 0 spiro atoms. The van der Waals surface area contributed by atoms with Crippen LogP contribution < -0.4 is 0 Å². The number of hydrogen-bond acceptors (Lipinski definition) is 4. The first kappa shape index (κ1) is 14.0. The maximum Gasteiger partial charge on any atom is 0.115 e. The molecule has 2 unspecified atom stereocenters. The molecule has 0 aliphatic carbocycles. The van der Waals surface area contributed by atoms with Gasteiger partial charge in [0.2, 0.25) is 0 Å². The highest BCUT2D eigenvalue weighted by atomic mass is 15.3. The van der Waals surface area contributed by atoms with E-state index in [2.05, 4.69) is 33.6 Å². The lowest BCUT2D eigenvalue weighted by Crippen LogP contribution is -2.60. The predicted octanol–water partition coefficient (Wildman–Crippen LogP) is 2.17. The van der Waals surface area contributed by atoms with Crippen molar-refractivity contribution in [3.63, 3.8) is 0 Å². The maximum absolute atomic E-state index is 4.40.